The Balaban J connectivity index is 2.93. The molecule has 1 saturated heterocycles. The molecule has 7 heteroatoms. The van der Waals surface area contributed by atoms with Gasteiger partial charge in [-0.25, -0.2) is 0 Å². The number of ether oxygens (including phenoxy) is 4. The van der Waals surface area contributed by atoms with E-state index < -0.39 is 42.6 Å². The Hall–Kier alpha value is -1.18. The Morgan fingerprint density at radius 2 is 1.56 bits per heavy atom. The molecular formula is C11H18O7. The molecule has 1 heterocycles. The summed E-state index contributed by atoms with van der Waals surface area (Å²) in [6.07, 6.45) is -4.50. The monoisotopic (exact) mass is 262 g/mol. The first-order valence-corrected chi connectivity index (χ1v) is 5.57. The van der Waals surface area contributed by atoms with Crippen LogP contribution in [0.25, 0.3) is 0 Å². The smallest absolute Gasteiger partial charge is 0.303 e. The minimum absolute atomic E-state index is 0.529. The van der Waals surface area contributed by atoms with Crippen LogP contribution in [-0.2, 0) is 28.5 Å². The van der Waals surface area contributed by atoms with E-state index in [1.165, 1.54) is 21.0 Å². The zero-order chi connectivity index (χ0) is 13.9. The van der Waals surface area contributed by atoms with Crippen molar-refractivity contribution < 1.29 is 33.6 Å². The maximum Gasteiger partial charge on any atom is 0.303 e. The number of rotatable bonds is 3. The number of esters is 2. The molecule has 104 valence electrons. The van der Waals surface area contributed by atoms with Crippen molar-refractivity contribution in [3.8, 4) is 0 Å². The highest BCUT2D eigenvalue weighted by molar-refractivity contribution is 5.67. The first-order valence-electron chi connectivity index (χ1n) is 5.57. The fourth-order valence-electron chi connectivity index (χ4n) is 1.92. The molecule has 0 aromatic rings. The van der Waals surface area contributed by atoms with Crippen LogP contribution >= 0.6 is 0 Å². The summed E-state index contributed by atoms with van der Waals surface area (Å²) in [6, 6.07) is 0. The Kier molecular flexibility index (Phi) is 5.06. The lowest BCUT2D eigenvalue weighted by Crippen LogP contribution is -2.59. The van der Waals surface area contributed by atoms with Crippen molar-refractivity contribution in [1.29, 1.82) is 0 Å². The fourth-order valence-corrected chi connectivity index (χ4v) is 1.92. The van der Waals surface area contributed by atoms with Crippen LogP contribution < -0.4 is 0 Å². The van der Waals surface area contributed by atoms with Gasteiger partial charge in [-0.2, -0.15) is 0 Å². The molecule has 0 unspecified atom stereocenters. The van der Waals surface area contributed by atoms with Gasteiger partial charge in [0.25, 0.3) is 0 Å². The number of hydrogen-bond acceptors (Lipinski definition) is 7. The normalized spacial score (nSPS) is 35.9. The molecule has 1 N–H and O–H groups in total. The molecule has 0 bridgehead atoms. The fraction of sp³-hybridized carbons (Fsp3) is 0.818. The summed E-state index contributed by atoms with van der Waals surface area (Å²) in [5.74, 6) is -1.08. The van der Waals surface area contributed by atoms with Crippen molar-refractivity contribution in [2.24, 2.45) is 0 Å². The van der Waals surface area contributed by atoms with E-state index in [1.54, 1.807) is 6.92 Å². The molecule has 0 radical (unpaired) electrons. The largest absolute Gasteiger partial charge is 0.456 e. The third-order valence-electron chi connectivity index (χ3n) is 2.62. The number of carbonyl (C=O) groups excluding carboxylic acids is 2. The van der Waals surface area contributed by atoms with Gasteiger partial charge < -0.3 is 24.1 Å². The Morgan fingerprint density at radius 1 is 1.06 bits per heavy atom. The van der Waals surface area contributed by atoms with Gasteiger partial charge in [-0.1, -0.05) is 0 Å². The molecule has 5 atom stereocenters. The molecule has 0 aromatic carbocycles. The average Bonchev–Trinajstić information content (AvgIpc) is 2.23. The lowest BCUT2D eigenvalue weighted by atomic mass is 9.99. The van der Waals surface area contributed by atoms with Crippen LogP contribution in [0.5, 0.6) is 0 Å². The van der Waals surface area contributed by atoms with E-state index >= 15 is 0 Å². The number of aliphatic hydroxyl groups excluding tert-OH is 1. The Labute approximate surface area is 105 Å². The van der Waals surface area contributed by atoms with Crippen LogP contribution in [0.15, 0.2) is 0 Å². The van der Waals surface area contributed by atoms with Crippen LogP contribution in [0.1, 0.15) is 20.8 Å². The predicted octanol–water partition coefficient (Wildman–Crippen LogP) is -0.398. The van der Waals surface area contributed by atoms with Gasteiger partial charge in [0, 0.05) is 21.0 Å². The quantitative estimate of drug-likeness (QED) is 0.692. The van der Waals surface area contributed by atoms with Crippen LogP contribution in [0.3, 0.4) is 0 Å². The number of carbonyl (C=O) groups is 2. The lowest BCUT2D eigenvalue weighted by molar-refractivity contribution is -0.289. The third kappa shape index (κ3) is 3.41. The topological polar surface area (TPSA) is 91.3 Å². The lowest BCUT2D eigenvalue weighted by Gasteiger charge is -2.41. The van der Waals surface area contributed by atoms with Crippen molar-refractivity contribution in [3.63, 3.8) is 0 Å². The van der Waals surface area contributed by atoms with E-state index in [0.29, 0.717) is 0 Å². The van der Waals surface area contributed by atoms with E-state index in [0.717, 1.165) is 0 Å². The molecular weight excluding hydrogens is 244 g/mol. The maximum atomic E-state index is 11.1. The highest BCUT2D eigenvalue weighted by Crippen LogP contribution is 2.26. The molecule has 0 spiro atoms. The molecule has 1 aliphatic rings. The van der Waals surface area contributed by atoms with Crippen LogP contribution in [0.4, 0.5) is 0 Å². The van der Waals surface area contributed by atoms with Crippen LogP contribution in [0, 0.1) is 0 Å². The highest BCUT2D eigenvalue weighted by Gasteiger charge is 2.48. The SMILES string of the molecule is CO[C@H]1[C@H](OC(C)=O)[C@H](OC(C)=O)[C@H](C)O[C@@H]1O. The van der Waals surface area contributed by atoms with Gasteiger partial charge in [0.05, 0.1) is 6.10 Å². The van der Waals surface area contributed by atoms with Gasteiger partial charge in [0.15, 0.2) is 18.5 Å². The predicted molar refractivity (Wildman–Crippen MR) is 58.5 cm³/mol. The molecule has 1 fully saturated rings. The molecule has 7 nitrogen and oxygen atoms in total. The van der Waals surface area contributed by atoms with Gasteiger partial charge in [0.1, 0.15) is 6.10 Å². The van der Waals surface area contributed by atoms with E-state index in [2.05, 4.69) is 0 Å². The summed E-state index contributed by atoms with van der Waals surface area (Å²) in [4.78, 5) is 22.1. The van der Waals surface area contributed by atoms with Crippen molar-refractivity contribution in [1.82, 2.24) is 0 Å². The van der Waals surface area contributed by atoms with E-state index in [-0.39, 0.29) is 0 Å². The summed E-state index contributed by atoms with van der Waals surface area (Å²) in [5.41, 5.74) is 0. The molecule has 0 amide bonds. The zero-order valence-corrected chi connectivity index (χ0v) is 10.8. The number of methoxy groups -OCH3 is 1. The van der Waals surface area contributed by atoms with Crippen LogP contribution in [0.2, 0.25) is 0 Å². The molecule has 0 saturated carbocycles. The van der Waals surface area contributed by atoms with Crippen molar-refractivity contribution in [2.45, 2.75) is 51.5 Å². The van der Waals surface area contributed by atoms with Crippen molar-refractivity contribution in [2.75, 3.05) is 7.11 Å². The average molecular weight is 262 g/mol. The first-order chi connectivity index (χ1) is 8.36. The second-order valence-corrected chi connectivity index (χ2v) is 4.08. The first kappa shape index (κ1) is 14.9. The van der Waals surface area contributed by atoms with Crippen molar-refractivity contribution in [3.05, 3.63) is 0 Å². The Bertz CT molecular complexity index is 317. The molecule has 1 aliphatic heterocycles. The molecule has 18 heavy (non-hydrogen) atoms. The summed E-state index contributed by atoms with van der Waals surface area (Å²) in [6.45, 7) is 4.08. The third-order valence-corrected chi connectivity index (χ3v) is 2.62. The number of hydrogen-bond donors (Lipinski definition) is 1. The van der Waals surface area contributed by atoms with E-state index in [1.807, 2.05) is 0 Å². The summed E-state index contributed by atoms with van der Waals surface area (Å²) < 4.78 is 20.3. The minimum Gasteiger partial charge on any atom is -0.456 e. The molecule has 0 aliphatic carbocycles. The van der Waals surface area contributed by atoms with Gasteiger partial charge in [0.2, 0.25) is 0 Å². The zero-order valence-electron chi connectivity index (χ0n) is 10.8. The van der Waals surface area contributed by atoms with Crippen molar-refractivity contribution >= 4 is 11.9 Å². The minimum atomic E-state index is -1.25. The van der Waals surface area contributed by atoms with E-state index in [4.69, 9.17) is 18.9 Å². The summed E-state index contributed by atoms with van der Waals surface area (Å²) >= 11 is 0. The van der Waals surface area contributed by atoms with Gasteiger partial charge in [-0.3, -0.25) is 9.59 Å². The second-order valence-electron chi connectivity index (χ2n) is 4.08. The van der Waals surface area contributed by atoms with E-state index in [9.17, 15) is 14.7 Å². The summed E-state index contributed by atoms with van der Waals surface area (Å²) in [7, 11) is 1.34. The number of aliphatic hydroxyl groups is 1. The van der Waals surface area contributed by atoms with Gasteiger partial charge >= 0.3 is 11.9 Å². The second kappa shape index (κ2) is 6.12. The highest BCUT2D eigenvalue weighted by atomic mass is 16.7. The van der Waals surface area contributed by atoms with Gasteiger partial charge in [-0.15, -0.1) is 0 Å². The van der Waals surface area contributed by atoms with Gasteiger partial charge in [-0.05, 0) is 6.92 Å². The Morgan fingerprint density at radius 3 is 2.00 bits per heavy atom. The standard InChI is InChI=1S/C11H18O7/c1-5-8(17-6(2)12)9(18-7(3)13)10(15-4)11(14)16-5/h5,8-11,14H,1-4H3/t5-,8+,9+,10-,11-/m0/s1. The summed E-state index contributed by atoms with van der Waals surface area (Å²) in [5, 5.41) is 9.70. The maximum absolute atomic E-state index is 11.1. The van der Waals surface area contributed by atoms with Crippen LogP contribution in [-0.4, -0.2) is 54.9 Å². The molecule has 1 rings (SSSR count). The molecule has 0 aromatic heterocycles.